The van der Waals surface area contributed by atoms with Gasteiger partial charge in [0.1, 0.15) is 17.3 Å². The van der Waals surface area contributed by atoms with Crippen molar-refractivity contribution < 1.29 is 23.5 Å². The third-order valence-electron chi connectivity index (χ3n) is 4.51. The molecule has 1 aliphatic rings. The zero-order chi connectivity index (χ0) is 20.4. The van der Waals surface area contributed by atoms with Crippen LogP contribution in [-0.2, 0) is 11.2 Å². The second-order valence-corrected chi connectivity index (χ2v) is 6.74. The summed E-state index contributed by atoms with van der Waals surface area (Å²) in [7, 11) is 0. The van der Waals surface area contributed by atoms with Crippen molar-refractivity contribution in [2.45, 2.75) is 13.3 Å². The van der Waals surface area contributed by atoms with Crippen molar-refractivity contribution in [3.8, 4) is 11.5 Å². The number of Topliss-reactive ketones (excluding diaryl/α,β-unsaturated/α-hetero) is 1. The van der Waals surface area contributed by atoms with Gasteiger partial charge in [-0.25, -0.2) is 4.39 Å². The number of rotatable bonds is 4. The molecule has 0 N–H and O–H groups in total. The van der Waals surface area contributed by atoms with Gasteiger partial charge in [0, 0.05) is 6.07 Å². The number of esters is 1. The van der Waals surface area contributed by atoms with Crippen LogP contribution in [0.25, 0.3) is 6.08 Å². The van der Waals surface area contributed by atoms with Gasteiger partial charge in [-0.2, -0.15) is 0 Å². The van der Waals surface area contributed by atoms with E-state index in [1.165, 1.54) is 24.3 Å². The second kappa shape index (κ2) is 7.72. The molecule has 0 spiro atoms. The van der Waals surface area contributed by atoms with Gasteiger partial charge < -0.3 is 9.47 Å². The highest BCUT2D eigenvalue weighted by atomic mass is 19.1. The van der Waals surface area contributed by atoms with E-state index in [1.54, 1.807) is 25.1 Å². The maximum atomic E-state index is 13.4. The summed E-state index contributed by atoms with van der Waals surface area (Å²) in [6.45, 7) is 1.75. The number of aryl methyl sites for hydroxylation is 1. The fourth-order valence-electron chi connectivity index (χ4n) is 3.21. The number of ether oxygens (including phenoxy) is 2. The van der Waals surface area contributed by atoms with Crippen LogP contribution in [0.2, 0.25) is 0 Å². The molecule has 0 aliphatic carbocycles. The Bertz CT molecular complexity index is 1130. The van der Waals surface area contributed by atoms with E-state index in [9.17, 15) is 14.0 Å². The van der Waals surface area contributed by atoms with Gasteiger partial charge in [-0.05, 0) is 47.9 Å². The number of hydrogen-bond acceptors (Lipinski definition) is 4. The Balaban J connectivity index is 1.55. The number of halogens is 1. The third-order valence-corrected chi connectivity index (χ3v) is 4.51. The molecular formula is C24H17FO4. The molecule has 4 rings (SSSR count). The van der Waals surface area contributed by atoms with Crippen LogP contribution < -0.4 is 9.47 Å². The van der Waals surface area contributed by atoms with Crippen LogP contribution in [0.3, 0.4) is 0 Å². The normalized spacial score (nSPS) is 13.9. The third kappa shape index (κ3) is 4.09. The van der Waals surface area contributed by atoms with Crippen LogP contribution in [0.4, 0.5) is 4.39 Å². The Morgan fingerprint density at radius 2 is 1.86 bits per heavy atom. The van der Waals surface area contributed by atoms with E-state index in [0.717, 1.165) is 5.56 Å². The van der Waals surface area contributed by atoms with Crippen molar-refractivity contribution in [1.82, 2.24) is 0 Å². The first-order chi connectivity index (χ1) is 14.0. The summed E-state index contributed by atoms with van der Waals surface area (Å²) < 4.78 is 24.5. The summed E-state index contributed by atoms with van der Waals surface area (Å²) in [6, 6.07) is 18.3. The molecule has 0 amide bonds. The number of carbonyl (C=O) groups excluding carboxylic acids is 2. The number of benzene rings is 3. The molecule has 1 heterocycles. The maximum Gasteiger partial charge on any atom is 0.315 e. The van der Waals surface area contributed by atoms with Gasteiger partial charge in [0.15, 0.2) is 5.76 Å². The monoisotopic (exact) mass is 388 g/mol. The Morgan fingerprint density at radius 1 is 1.07 bits per heavy atom. The van der Waals surface area contributed by atoms with Gasteiger partial charge in [-0.3, -0.25) is 9.59 Å². The minimum Gasteiger partial charge on any atom is -0.452 e. The number of fused-ring (bicyclic) bond motifs is 1. The Labute approximate surface area is 167 Å². The molecule has 0 fully saturated rings. The van der Waals surface area contributed by atoms with Gasteiger partial charge in [-0.1, -0.05) is 42.5 Å². The van der Waals surface area contributed by atoms with Gasteiger partial charge in [-0.15, -0.1) is 0 Å². The van der Waals surface area contributed by atoms with Crippen LogP contribution in [-0.4, -0.2) is 11.8 Å². The van der Waals surface area contributed by atoms with Crippen LogP contribution in [0.1, 0.15) is 27.0 Å². The maximum absolute atomic E-state index is 13.4. The van der Waals surface area contributed by atoms with Crippen molar-refractivity contribution in [3.05, 3.63) is 101 Å². The van der Waals surface area contributed by atoms with E-state index in [1.807, 2.05) is 30.3 Å². The second-order valence-electron chi connectivity index (χ2n) is 6.74. The SMILES string of the molecule is Cc1cc(OC(=O)Cc2ccccc2)cc2c1C(=O)/C(=C/c1cccc(F)c1)O2. The van der Waals surface area contributed by atoms with E-state index in [-0.39, 0.29) is 18.0 Å². The highest BCUT2D eigenvalue weighted by molar-refractivity contribution is 6.15. The van der Waals surface area contributed by atoms with Gasteiger partial charge in [0.05, 0.1) is 12.0 Å². The molecule has 0 atom stereocenters. The number of hydrogen-bond donors (Lipinski definition) is 0. The molecule has 0 bridgehead atoms. The molecule has 0 radical (unpaired) electrons. The first-order valence-electron chi connectivity index (χ1n) is 9.08. The average Bonchev–Trinajstić information content (AvgIpc) is 2.98. The smallest absolute Gasteiger partial charge is 0.315 e. The zero-order valence-corrected chi connectivity index (χ0v) is 15.6. The summed E-state index contributed by atoms with van der Waals surface area (Å²) in [6.07, 6.45) is 1.63. The highest BCUT2D eigenvalue weighted by Gasteiger charge is 2.30. The average molecular weight is 388 g/mol. The van der Waals surface area contributed by atoms with Crippen molar-refractivity contribution in [2.75, 3.05) is 0 Å². The first kappa shape index (κ1) is 18.6. The molecule has 29 heavy (non-hydrogen) atoms. The zero-order valence-electron chi connectivity index (χ0n) is 15.6. The predicted molar refractivity (Wildman–Crippen MR) is 106 cm³/mol. The number of carbonyl (C=O) groups is 2. The minimum absolute atomic E-state index is 0.0986. The quantitative estimate of drug-likeness (QED) is 0.362. The molecule has 4 nitrogen and oxygen atoms in total. The van der Waals surface area contributed by atoms with Gasteiger partial charge >= 0.3 is 5.97 Å². The molecule has 0 saturated carbocycles. The number of ketones is 1. The highest BCUT2D eigenvalue weighted by Crippen LogP contribution is 2.37. The van der Waals surface area contributed by atoms with E-state index in [2.05, 4.69) is 0 Å². The van der Waals surface area contributed by atoms with Crippen LogP contribution in [0.15, 0.2) is 72.5 Å². The molecular weight excluding hydrogens is 371 g/mol. The first-order valence-corrected chi connectivity index (χ1v) is 9.08. The number of allylic oxidation sites excluding steroid dienone is 1. The standard InChI is InChI=1S/C24H17FO4/c1-15-10-19(28-22(26)13-16-6-3-2-4-7-16)14-20-23(15)24(27)21(29-20)12-17-8-5-9-18(25)11-17/h2-12,14H,13H2,1H3/b21-12-. The fraction of sp³-hybridized carbons (Fsp3) is 0.0833. The van der Waals surface area contributed by atoms with Gasteiger partial charge in [0.25, 0.3) is 0 Å². The summed E-state index contributed by atoms with van der Waals surface area (Å²) in [5.74, 6) is -0.367. The topological polar surface area (TPSA) is 52.6 Å². The largest absolute Gasteiger partial charge is 0.452 e. The van der Waals surface area contributed by atoms with E-state index in [4.69, 9.17) is 9.47 Å². The van der Waals surface area contributed by atoms with E-state index in [0.29, 0.717) is 28.2 Å². The Hall–Kier alpha value is -3.73. The molecule has 0 unspecified atom stereocenters. The molecule has 3 aromatic rings. The van der Waals surface area contributed by atoms with Crippen molar-refractivity contribution in [3.63, 3.8) is 0 Å². The Morgan fingerprint density at radius 3 is 2.62 bits per heavy atom. The summed E-state index contributed by atoms with van der Waals surface area (Å²) in [4.78, 5) is 24.9. The molecule has 3 aromatic carbocycles. The van der Waals surface area contributed by atoms with Crippen molar-refractivity contribution in [2.24, 2.45) is 0 Å². The van der Waals surface area contributed by atoms with Crippen LogP contribution in [0.5, 0.6) is 11.5 Å². The summed E-state index contributed by atoms with van der Waals surface area (Å²) in [5, 5.41) is 0. The molecule has 1 aliphatic heterocycles. The molecule has 5 heteroatoms. The van der Waals surface area contributed by atoms with Crippen molar-refractivity contribution in [1.29, 1.82) is 0 Å². The lowest BCUT2D eigenvalue weighted by molar-refractivity contribution is -0.133. The van der Waals surface area contributed by atoms with E-state index >= 15 is 0 Å². The predicted octanol–water partition coefficient (Wildman–Crippen LogP) is 4.90. The minimum atomic E-state index is -0.407. The van der Waals surface area contributed by atoms with Crippen molar-refractivity contribution >= 4 is 17.8 Å². The summed E-state index contributed by atoms with van der Waals surface area (Å²) >= 11 is 0. The lowest BCUT2D eigenvalue weighted by atomic mass is 10.0. The van der Waals surface area contributed by atoms with Crippen LogP contribution in [0, 0.1) is 12.7 Å². The summed E-state index contributed by atoms with van der Waals surface area (Å²) in [5.41, 5.74) is 2.42. The van der Waals surface area contributed by atoms with Gasteiger partial charge in [0.2, 0.25) is 5.78 Å². The lowest BCUT2D eigenvalue weighted by Gasteiger charge is -2.08. The fourth-order valence-corrected chi connectivity index (χ4v) is 3.21. The Kier molecular flexibility index (Phi) is 4.96. The lowest BCUT2D eigenvalue weighted by Crippen LogP contribution is -2.11. The van der Waals surface area contributed by atoms with Crippen LogP contribution >= 0.6 is 0 Å². The molecule has 0 saturated heterocycles. The molecule has 0 aromatic heterocycles. The van der Waals surface area contributed by atoms with E-state index < -0.39 is 11.8 Å². The molecule has 144 valence electrons.